The van der Waals surface area contributed by atoms with E-state index in [4.69, 9.17) is 0 Å². The van der Waals surface area contributed by atoms with Gasteiger partial charge in [0.25, 0.3) is 5.69 Å². The van der Waals surface area contributed by atoms with Crippen LogP contribution in [0.25, 0.3) is 0 Å². The van der Waals surface area contributed by atoms with Crippen LogP contribution >= 0.6 is 0 Å². The van der Waals surface area contributed by atoms with Gasteiger partial charge in [-0.2, -0.15) is 0 Å². The standard InChI is InChI=1S/C11H13NO3/c1-3-9-4-10(8(2)7-13)6-11(5-9)12(14)15/h4-8H,3H2,1-2H3. The molecule has 1 rings (SSSR count). The van der Waals surface area contributed by atoms with Crippen LogP contribution in [-0.4, -0.2) is 11.2 Å². The lowest BCUT2D eigenvalue weighted by molar-refractivity contribution is -0.385. The van der Waals surface area contributed by atoms with E-state index in [2.05, 4.69) is 0 Å². The van der Waals surface area contributed by atoms with E-state index in [0.29, 0.717) is 5.56 Å². The highest BCUT2D eigenvalue weighted by Crippen LogP contribution is 2.22. The number of rotatable bonds is 4. The third-order valence-corrected chi connectivity index (χ3v) is 2.35. The van der Waals surface area contributed by atoms with Gasteiger partial charge >= 0.3 is 0 Å². The van der Waals surface area contributed by atoms with Crippen LogP contribution in [0.2, 0.25) is 0 Å². The van der Waals surface area contributed by atoms with Crippen molar-refractivity contribution in [2.75, 3.05) is 0 Å². The molecule has 0 saturated heterocycles. The van der Waals surface area contributed by atoms with Gasteiger partial charge in [0.05, 0.1) is 4.92 Å². The van der Waals surface area contributed by atoms with Crippen molar-refractivity contribution in [3.8, 4) is 0 Å². The summed E-state index contributed by atoms with van der Waals surface area (Å²) in [7, 11) is 0. The molecule has 80 valence electrons. The Hall–Kier alpha value is -1.71. The first-order valence-corrected chi connectivity index (χ1v) is 4.82. The number of aldehydes is 1. The quantitative estimate of drug-likeness (QED) is 0.433. The van der Waals surface area contributed by atoms with E-state index in [0.717, 1.165) is 18.3 Å². The molecule has 0 radical (unpaired) electrons. The highest BCUT2D eigenvalue weighted by atomic mass is 16.6. The molecule has 0 saturated carbocycles. The highest BCUT2D eigenvalue weighted by Gasteiger charge is 2.12. The van der Waals surface area contributed by atoms with Crippen molar-refractivity contribution in [1.82, 2.24) is 0 Å². The lowest BCUT2D eigenvalue weighted by Crippen LogP contribution is -1.98. The Morgan fingerprint density at radius 1 is 1.47 bits per heavy atom. The number of nitro benzene ring substituents is 1. The van der Waals surface area contributed by atoms with Gasteiger partial charge in [0.1, 0.15) is 6.29 Å². The Morgan fingerprint density at radius 3 is 2.60 bits per heavy atom. The Labute approximate surface area is 88.1 Å². The third-order valence-electron chi connectivity index (χ3n) is 2.35. The fraction of sp³-hybridized carbons (Fsp3) is 0.364. The van der Waals surface area contributed by atoms with Crippen molar-refractivity contribution in [1.29, 1.82) is 0 Å². The fourth-order valence-electron chi connectivity index (χ4n) is 1.35. The zero-order valence-corrected chi connectivity index (χ0v) is 8.77. The second-order valence-electron chi connectivity index (χ2n) is 3.47. The topological polar surface area (TPSA) is 60.2 Å². The molecule has 15 heavy (non-hydrogen) atoms. The van der Waals surface area contributed by atoms with Crippen LogP contribution in [0.15, 0.2) is 18.2 Å². The van der Waals surface area contributed by atoms with Gasteiger partial charge < -0.3 is 4.79 Å². The molecule has 0 spiro atoms. The molecular weight excluding hydrogens is 194 g/mol. The zero-order valence-electron chi connectivity index (χ0n) is 8.77. The lowest BCUT2D eigenvalue weighted by Gasteiger charge is -2.06. The number of hydrogen-bond donors (Lipinski definition) is 0. The van der Waals surface area contributed by atoms with Gasteiger partial charge in [0.15, 0.2) is 0 Å². The summed E-state index contributed by atoms with van der Waals surface area (Å²) >= 11 is 0. The highest BCUT2D eigenvalue weighted by molar-refractivity contribution is 5.62. The van der Waals surface area contributed by atoms with Crippen LogP contribution in [0.1, 0.15) is 30.9 Å². The first-order valence-electron chi connectivity index (χ1n) is 4.82. The monoisotopic (exact) mass is 207 g/mol. The number of carbonyl (C=O) groups is 1. The Balaban J connectivity index is 3.22. The molecule has 1 aromatic rings. The molecule has 0 aliphatic rings. The summed E-state index contributed by atoms with van der Waals surface area (Å²) in [4.78, 5) is 20.8. The molecule has 4 heteroatoms. The van der Waals surface area contributed by atoms with E-state index in [9.17, 15) is 14.9 Å². The van der Waals surface area contributed by atoms with E-state index in [1.54, 1.807) is 13.0 Å². The minimum atomic E-state index is -0.430. The maximum Gasteiger partial charge on any atom is 0.269 e. The Morgan fingerprint density at radius 2 is 2.13 bits per heavy atom. The van der Waals surface area contributed by atoms with Crippen LogP contribution in [0, 0.1) is 10.1 Å². The summed E-state index contributed by atoms with van der Waals surface area (Å²) < 4.78 is 0. The molecule has 1 unspecified atom stereocenters. The number of nitrogens with zero attached hydrogens (tertiary/aromatic N) is 1. The number of benzene rings is 1. The number of nitro groups is 1. The van der Waals surface area contributed by atoms with Crippen molar-refractivity contribution in [3.63, 3.8) is 0 Å². The molecule has 0 bridgehead atoms. The molecular formula is C11H13NO3. The predicted octanol–water partition coefficient (Wildman–Crippen LogP) is 2.46. The first-order chi connectivity index (χ1) is 7.08. The van der Waals surface area contributed by atoms with Gasteiger partial charge in [-0.05, 0) is 17.5 Å². The normalized spacial score (nSPS) is 12.1. The number of carbonyl (C=O) groups excluding carboxylic acids is 1. The smallest absolute Gasteiger partial charge is 0.269 e. The van der Waals surface area contributed by atoms with E-state index >= 15 is 0 Å². The van der Waals surface area contributed by atoms with Crippen LogP contribution in [-0.2, 0) is 11.2 Å². The molecule has 1 atom stereocenters. The molecule has 0 heterocycles. The van der Waals surface area contributed by atoms with Crippen LogP contribution in [0.4, 0.5) is 5.69 Å². The molecule has 1 aromatic carbocycles. The largest absolute Gasteiger partial charge is 0.303 e. The van der Waals surface area contributed by atoms with E-state index < -0.39 is 4.92 Å². The molecule has 0 aliphatic carbocycles. The van der Waals surface area contributed by atoms with Gasteiger partial charge in [-0.15, -0.1) is 0 Å². The first kappa shape index (κ1) is 11.4. The Kier molecular flexibility index (Phi) is 3.55. The van der Waals surface area contributed by atoms with E-state index in [1.807, 2.05) is 13.0 Å². The summed E-state index contributed by atoms with van der Waals surface area (Å²) in [6.07, 6.45) is 1.51. The lowest BCUT2D eigenvalue weighted by atomic mass is 9.98. The van der Waals surface area contributed by atoms with Crippen molar-refractivity contribution in [2.24, 2.45) is 0 Å². The van der Waals surface area contributed by atoms with Crippen molar-refractivity contribution in [2.45, 2.75) is 26.2 Å². The summed E-state index contributed by atoms with van der Waals surface area (Å²) in [5.41, 5.74) is 1.64. The number of non-ortho nitro benzene ring substituents is 1. The Bertz CT molecular complexity index is 387. The van der Waals surface area contributed by atoms with Crippen molar-refractivity contribution < 1.29 is 9.72 Å². The molecule has 0 fully saturated rings. The molecule has 4 nitrogen and oxygen atoms in total. The maximum atomic E-state index is 10.6. The molecule has 0 N–H and O–H groups in total. The minimum Gasteiger partial charge on any atom is -0.303 e. The summed E-state index contributed by atoms with van der Waals surface area (Å²) in [5, 5.41) is 10.6. The minimum absolute atomic E-state index is 0.0538. The SMILES string of the molecule is CCc1cc(C(C)C=O)cc([N+](=O)[O-])c1. The number of aryl methyl sites for hydroxylation is 1. The van der Waals surface area contributed by atoms with Crippen LogP contribution in [0.5, 0.6) is 0 Å². The molecule has 0 aromatic heterocycles. The fourth-order valence-corrected chi connectivity index (χ4v) is 1.35. The van der Waals surface area contributed by atoms with Crippen molar-refractivity contribution >= 4 is 12.0 Å². The second kappa shape index (κ2) is 4.68. The van der Waals surface area contributed by atoms with Crippen LogP contribution in [0.3, 0.4) is 0 Å². The third kappa shape index (κ3) is 2.62. The molecule has 0 aliphatic heterocycles. The van der Waals surface area contributed by atoms with E-state index in [1.165, 1.54) is 6.07 Å². The van der Waals surface area contributed by atoms with Crippen LogP contribution < -0.4 is 0 Å². The van der Waals surface area contributed by atoms with Gasteiger partial charge in [0, 0.05) is 18.1 Å². The van der Waals surface area contributed by atoms with Gasteiger partial charge in [-0.25, -0.2) is 0 Å². The van der Waals surface area contributed by atoms with Gasteiger partial charge in [-0.1, -0.05) is 19.9 Å². The summed E-state index contributed by atoms with van der Waals surface area (Å²) in [6.45, 7) is 3.65. The summed E-state index contributed by atoms with van der Waals surface area (Å²) in [6, 6.07) is 4.84. The molecule has 0 amide bonds. The second-order valence-corrected chi connectivity index (χ2v) is 3.47. The predicted molar refractivity (Wildman–Crippen MR) is 57.0 cm³/mol. The van der Waals surface area contributed by atoms with Crippen molar-refractivity contribution in [3.05, 3.63) is 39.4 Å². The van der Waals surface area contributed by atoms with Gasteiger partial charge in [-0.3, -0.25) is 10.1 Å². The van der Waals surface area contributed by atoms with E-state index in [-0.39, 0.29) is 11.6 Å². The summed E-state index contributed by atoms with van der Waals surface area (Å²) in [5.74, 6) is -0.296. The average Bonchev–Trinajstić information content (AvgIpc) is 2.27. The zero-order chi connectivity index (χ0) is 11.4. The average molecular weight is 207 g/mol. The van der Waals surface area contributed by atoms with Gasteiger partial charge in [0.2, 0.25) is 0 Å². The maximum absolute atomic E-state index is 10.6. The number of hydrogen-bond acceptors (Lipinski definition) is 3.